The van der Waals surface area contributed by atoms with Crippen molar-refractivity contribution in [3.63, 3.8) is 0 Å². The van der Waals surface area contributed by atoms with E-state index < -0.39 is 0 Å². The Kier molecular flexibility index (Phi) is 3.62. The second-order valence-electron chi connectivity index (χ2n) is 0.236. The second kappa shape index (κ2) is 3.34. The van der Waals surface area contributed by atoms with Gasteiger partial charge in [0.1, 0.15) is 0 Å². The Hall–Kier alpha value is 0.340. The maximum absolute atomic E-state index is 4.72. The van der Waals surface area contributed by atoms with E-state index in [1.807, 2.05) is 0 Å². The van der Waals surface area contributed by atoms with Crippen LogP contribution in [-0.2, 0) is 0 Å². The number of rotatable bonds is 0. The highest BCUT2D eigenvalue weighted by atomic mass is 32.7. The quantitative estimate of drug-likeness (QED) is 0.317. The van der Waals surface area contributed by atoms with Gasteiger partial charge in [-0.2, -0.15) is 0 Å². The topological polar surface area (TPSA) is 0 Å². The first-order valence-corrected chi connectivity index (χ1v) is 3.02. The zero-order valence-corrected chi connectivity index (χ0v) is 4.03. The van der Waals surface area contributed by atoms with Crippen LogP contribution in [0.15, 0.2) is 0 Å². The van der Waals surface area contributed by atoms with E-state index in [1.165, 1.54) is 11.4 Å². The summed E-state index contributed by atoms with van der Waals surface area (Å²) in [7, 11) is 2.34. The van der Waals surface area contributed by atoms with Crippen LogP contribution >= 0.6 is 19.8 Å². The SMILES string of the molecule is C#CSP. The van der Waals surface area contributed by atoms with Crippen LogP contribution in [0.2, 0.25) is 0 Å². The van der Waals surface area contributed by atoms with Crippen LogP contribution in [0.4, 0.5) is 0 Å². The molecule has 0 fully saturated rings. The monoisotopic (exact) mass is 90.0 g/mol. The summed E-state index contributed by atoms with van der Waals surface area (Å²) in [5.74, 6) is 0. The van der Waals surface area contributed by atoms with Gasteiger partial charge in [-0.15, -0.1) is 6.42 Å². The van der Waals surface area contributed by atoms with E-state index in [2.05, 4.69) is 13.7 Å². The van der Waals surface area contributed by atoms with E-state index in [4.69, 9.17) is 6.42 Å². The van der Waals surface area contributed by atoms with Gasteiger partial charge in [0.05, 0.1) is 0 Å². The molecule has 0 aromatic carbocycles. The van der Waals surface area contributed by atoms with Crippen molar-refractivity contribution < 1.29 is 0 Å². The smallest absolute Gasteiger partial charge is 0.0339 e. The van der Waals surface area contributed by atoms with Crippen molar-refractivity contribution in [3.8, 4) is 11.7 Å². The summed E-state index contributed by atoms with van der Waals surface area (Å²) < 4.78 is 0. The van der Waals surface area contributed by atoms with E-state index in [-0.39, 0.29) is 0 Å². The number of hydrogen-bond acceptors (Lipinski definition) is 1. The fourth-order valence-electron chi connectivity index (χ4n) is 0. The molecule has 0 bridgehead atoms. The Morgan fingerprint density at radius 3 is 2.25 bits per heavy atom. The molecule has 22 valence electrons. The lowest BCUT2D eigenvalue weighted by Crippen LogP contribution is -1.10. The molecular weight excluding hydrogens is 87.1 g/mol. The molecule has 4 heavy (non-hydrogen) atoms. The molecule has 0 radical (unpaired) electrons. The van der Waals surface area contributed by atoms with Gasteiger partial charge in [-0.05, 0) is 5.25 Å². The normalized spacial score (nSPS) is 5.00. The highest BCUT2D eigenvalue weighted by Gasteiger charge is 1.43. The molecule has 2 heteroatoms. The van der Waals surface area contributed by atoms with E-state index >= 15 is 0 Å². The molecule has 0 N–H and O–H groups in total. The summed E-state index contributed by atoms with van der Waals surface area (Å²) in [6.07, 6.45) is 4.72. The van der Waals surface area contributed by atoms with E-state index in [0.717, 1.165) is 0 Å². The summed E-state index contributed by atoms with van der Waals surface area (Å²) in [5.41, 5.74) is 0. The minimum Gasteiger partial charge on any atom is -0.108 e. The van der Waals surface area contributed by atoms with Crippen LogP contribution in [0.5, 0.6) is 0 Å². The Balaban J connectivity index is 2.43. The molecule has 0 spiro atoms. The molecule has 0 heterocycles. The molecule has 1 unspecified atom stereocenters. The van der Waals surface area contributed by atoms with E-state index in [0.29, 0.717) is 0 Å². The first-order chi connectivity index (χ1) is 1.91. The molecule has 0 aliphatic heterocycles. The molecule has 0 aromatic rings. The number of terminal acetylenes is 1. The molecule has 0 rings (SSSR count). The summed E-state index contributed by atoms with van der Waals surface area (Å²) in [6, 6.07) is 0. The van der Waals surface area contributed by atoms with Crippen molar-refractivity contribution >= 4 is 19.8 Å². The lowest BCUT2D eigenvalue weighted by molar-refractivity contribution is 3.18. The van der Waals surface area contributed by atoms with Crippen LogP contribution in [0.3, 0.4) is 0 Å². The van der Waals surface area contributed by atoms with Gasteiger partial charge in [0.25, 0.3) is 0 Å². The van der Waals surface area contributed by atoms with Gasteiger partial charge in [-0.3, -0.25) is 0 Å². The van der Waals surface area contributed by atoms with Gasteiger partial charge in [-0.1, -0.05) is 19.8 Å². The lowest BCUT2D eigenvalue weighted by atomic mass is 11.4. The van der Waals surface area contributed by atoms with Crippen molar-refractivity contribution in [3.05, 3.63) is 0 Å². The second-order valence-corrected chi connectivity index (χ2v) is 1.41. The van der Waals surface area contributed by atoms with Crippen molar-refractivity contribution in [1.29, 1.82) is 0 Å². The molecule has 0 aliphatic rings. The largest absolute Gasteiger partial charge is 0.108 e. The fourth-order valence-corrected chi connectivity index (χ4v) is 0. The van der Waals surface area contributed by atoms with Gasteiger partial charge in [0, 0.05) is 0 Å². The van der Waals surface area contributed by atoms with Crippen molar-refractivity contribution in [2.24, 2.45) is 0 Å². The molecule has 1 atom stereocenters. The first-order valence-electron chi connectivity index (χ1n) is 0.729. The maximum atomic E-state index is 4.72. The van der Waals surface area contributed by atoms with Crippen LogP contribution in [0.1, 0.15) is 0 Å². The van der Waals surface area contributed by atoms with E-state index in [9.17, 15) is 0 Å². The van der Waals surface area contributed by atoms with Gasteiger partial charge < -0.3 is 0 Å². The molecule has 0 amide bonds. The standard InChI is InChI=1S/C2H3PS/c1-2-4-3/h1H,3H2. The Morgan fingerprint density at radius 2 is 2.25 bits per heavy atom. The van der Waals surface area contributed by atoms with Crippen LogP contribution in [0, 0.1) is 11.7 Å². The fraction of sp³-hybridized carbons (Fsp3) is 0. The molecular formula is C2H3PS. The van der Waals surface area contributed by atoms with Crippen LogP contribution in [0.25, 0.3) is 0 Å². The van der Waals surface area contributed by atoms with Crippen LogP contribution < -0.4 is 0 Å². The average molecular weight is 90.1 g/mol. The molecule has 0 saturated carbocycles. The number of hydrogen-bond donors (Lipinski definition) is 0. The molecule has 0 saturated heterocycles. The maximum Gasteiger partial charge on any atom is -0.0339 e. The Bertz CT molecular complexity index is 35.8. The Morgan fingerprint density at radius 1 is 2.00 bits per heavy atom. The molecule has 0 nitrogen and oxygen atoms in total. The van der Waals surface area contributed by atoms with Gasteiger partial charge in [0.2, 0.25) is 0 Å². The van der Waals surface area contributed by atoms with Crippen molar-refractivity contribution in [1.82, 2.24) is 0 Å². The predicted molar refractivity (Wildman–Crippen MR) is 26.1 cm³/mol. The minimum absolute atomic E-state index is 1.30. The highest BCUT2D eigenvalue weighted by Crippen LogP contribution is 2.04. The zero-order chi connectivity index (χ0) is 3.41. The summed E-state index contributed by atoms with van der Waals surface area (Å²) in [5, 5.41) is 2.31. The van der Waals surface area contributed by atoms with Crippen molar-refractivity contribution in [2.45, 2.75) is 0 Å². The third kappa shape index (κ3) is 2.34. The van der Waals surface area contributed by atoms with Gasteiger partial charge >= 0.3 is 0 Å². The Labute approximate surface area is 32.3 Å². The third-order valence-electron chi connectivity index (χ3n) is 0.0680. The lowest BCUT2D eigenvalue weighted by Gasteiger charge is -1.53. The average Bonchev–Trinajstić information content (AvgIpc) is 1.37. The van der Waals surface area contributed by atoms with Crippen molar-refractivity contribution in [2.75, 3.05) is 0 Å². The van der Waals surface area contributed by atoms with Crippen LogP contribution in [-0.4, -0.2) is 0 Å². The zero-order valence-electron chi connectivity index (χ0n) is 2.06. The highest BCUT2D eigenvalue weighted by molar-refractivity contribution is 8.46. The summed E-state index contributed by atoms with van der Waals surface area (Å²) in [6.45, 7) is 0. The molecule has 0 aliphatic carbocycles. The van der Waals surface area contributed by atoms with E-state index in [1.54, 1.807) is 0 Å². The van der Waals surface area contributed by atoms with Gasteiger partial charge in [-0.25, -0.2) is 0 Å². The summed E-state index contributed by atoms with van der Waals surface area (Å²) in [4.78, 5) is 0. The third-order valence-corrected chi connectivity index (χ3v) is 0.612. The van der Waals surface area contributed by atoms with Gasteiger partial charge in [0.15, 0.2) is 0 Å². The first kappa shape index (κ1) is 4.34. The molecule has 0 aromatic heterocycles. The summed E-state index contributed by atoms with van der Waals surface area (Å²) >= 11 is 1.30. The minimum atomic E-state index is 1.30. The predicted octanol–water partition coefficient (Wildman–Crippen LogP) is 1.10.